The van der Waals surface area contributed by atoms with Gasteiger partial charge in [0, 0.05) is 17.9 Å². The molecular formula is C10H16N2S. The first-order valence-electron chi connectivity index (χ1n) is 5.02. The summed E-state index contributed by atoms with van der Waals surface area (Å²) in [6.45, 7) is 4.45. The minimum absolute atomic E-state index is 0.591. The summed E-state index contributed by atoms with van der Waals surface area (Å²) in [6.07, 6.45) is 5.85. The fraction of sp³-hybridized carbons (Fsp3) is 0.700. The second kappa shape index (κ2) is 3.29. The van der Waals surface area contributed by atoms with E-state index in [1.807, 2.05) is 6.20 Å². The van der Waals surface area contributed by atoms with E-state index in [1.165, 1.54) is 18.5 Å². The van der Waals surface area contributed by atoms with Gasteiger partial charge in [-0.3, -0.25) is 0 Å². The molecule has 1 saturated carbocycles. The van der Waals surface area contributed by atoms with Crippen LogP contribution in [0.3, 0.4) is 0 Å². The predicted molar refractivity (Wildman–Crippen MR) is 56.4 cm³/mol. The Morgan fingerprint density at radius 2 is 2.38 bits per heavy atom. The minimum Gasteiger partial charge on any atom is -0.337 e. The molecule has 2 rings (SSSR count). The molecule has 1 heterocycles. The van der Waals surface area contributed by atoms with Crippen molar-refractivity contribution in [3.8, 4) is 0 Å². The second-order valence-corrected chi connectivity index (χ2v) is 4.27. The zero-order chi connectivity index (χ0) is 9.42. The molecule has 1 atom stereocenters. The summed E-state index contributed by atoms with van der Waals surface area (Å²) < 4.78 is 3.17. The molecule has 13 heavy (non-hydrogen) atoms. The standard InChI is InChI=1S/C10H16N2S/c1-3-9-6-11-10(13)12(9)7(2)8-4-5-8/h6-8H,3-5H2,1-2H3,(H,11,13). The van der Waals surface area contributed by atoms with Crippen molar-refractivity contribution >= 4 is 12.2 Å². The normalized spacial score (nSPS) is 18.9. The van der Waals surface area contributed by atoms with Gasteiger partial charge in [0.25, 0.3) is 0 Å². The molecule has 1 aliphatic rings. The number of aromatic nitrogens is 2. The van der Waals surface area contributed by atoms with E-state index in [1.54, 1.807) is 0 Å². The first kappa shape index (κ1) is 9.00. The van der Waals surface area contributed by atoms with Crippen LogP contribution in [-0.4, -0.2) is 9.55 Å². The number of hydrogen-bond acceptors (Lipinski definition) is 1. The van der Waals surface area contributed by atoms with E-state index < -0.39 is 0 Å². The molecule has 0 aliphatic heterocycles. The van der Waals surface area contributed by atoms with Crippen molar-refractivity contribution in [2.75, 3.05) is 0 Å². The van der Waals surface area contributed by atoms with Crippen LogP contribution in [0.15, 0.2) is 6.20 Å². The number of aryl methyl sites for hydroxylation is 1. The van der Waals surface area contributed by atoms with E-state index >= 15 is 0 Å². The summed E-state index contributed by atoms with van der Waals surface area (Å²) in [4.78, 5) is 3.13. The highest BCUT2D eigenvalue weighted by molar-refractivity contribution is 7.71. The molecule has 1 aromatic heterocycles. The van der Waals surface area contributed by atoms with Crippen molar-refractivity contribution in [3.63, 3.8) is 0 Å². The SMILES string of the molecule is CCc1c[nH]c(=S)n1C(C)C1CC1. The lowest BCUT2D eigenvalue weighted by Gasteiger charge is -2.14. The second-order valence-electron chi connectivity index (χ2n) is 3.89. The number of nitrogens with zero attached hydrogens (tertiary/aromatic N) is 1. The fourth-order valence-corrected chi connectivity index (χ4v) is 2.27. The van der Waals surface area contributed by atoms with Crippen LogP contribution in [0.5, 0.6) is 0 Å². The van der Waals surface area contributed by atoms with Crippen molar-refractivity contribution < 1.29 is 0 Å². The van der Waals surface area contributed by atoms with Gasteiger partial charge in [-0.25, -0.2) is 0 Å². The van der Waals surface area contributed by atoms with Gasteiger partial charge in [0.1, 0.15) is 0 Å². The molecule has 0 amide bonds. The lowest BCUT2D eigenvalue weighted by Crippen LogP contribution is -2.10. The van der Waals surface area contributed by atoms with Gasteiger partial charge in [-0.2, -0.15) is 0 Å². The van der Waals surface area contributed by atoms with Gasteiger partial charge in [-0.15, -0.1) is 0 Å². The van der Waals surface area contributed by atoms with E-state index in [4.69, 9.17) is 12.2 Å². The van der Waals surface area contributed by atoms with E-state index in [-0.39, 0.29) is 0 Å². The Bertz CT molecular complexity index is 346. The van der Waals surface area contributed by atoms with Crippen molar-refractivity contribution in [1.29, 1.82) is 0 Å². The van der Waals surface area contributed by atoms with Crippen LogP contribution in [-0.2, 0) is 6.42 Å². The van der Waals surface area contributed by atoms with Crippen LogP contribution in [0.1, 0.15) is 38.4 Å². The van der Waals surface area contributed by atoms with Crippen molar-refractivity contribution in [3.05, 3.63) is 16.7 Å². The van der Waals surface area contributed by atoms with Gasteiger partial charge in [0.15, 0.2) is 4.77 Å². The van der Waals surface area contributed by atoms with Crippen molar-refractivity contribution in [2.24, 2.45) is 5.92 Å². The number of hydrogen-bond donors (Lipinski definition) is 1. The summed E-state index contributed by atoms with van der Waals surface area (Å²) in [7, 11) is 0. The number of imidazole rings is 1. The highest BCUT2D eigenvalue weighted by atomic mass is 32.1. The van der Waals surface area contributed by atoms with Crippen molar-refractivity contribution in [1.82, 2.24) is 9.55 Å². The number of aromatic amines is 1. The van der Waals surface area contributed by atoms with Crippen LogP contribution >= 0.6 is 12.2 Å². The Kier molecular flexibility index (Phi) is 2.28. The van der Waals surface area contributed by atoms with E-state index in [0.29, 0.717) is 6.04 Å². The summed E-state index contributed by atoms with van der Waals surface area (Å²) in [5.74, 6) is 0.868. The monoisotopic (exact) mass is 196 g/mol. The molecule has 1 aliphatic carbocycles. The fourth-order valence-electron chi connectivity index (χ4n) is 1.92. The van der Waals surface area contributed by atoms with E-state index in [9.17, 15) is 0 Å². The molecule has 0 radical (unpaired) electrons. The molecule has 1 fully saturated rings. The minimum atomic E-state index is 0.591. The van der Waals surface area contributed by atoms with E-state index in [2.05, 4.69) is 23.4 Å². The zero-order valence-electron chi connectivity index (χ0n) is 8.21. The maximum absolute atomic E-state index is 5.27. The van der Waals surface area contributed by atoms with Crippen LogP contribution in [0, 0.1) is 10.7 Å². The van der Waals surface area contributed by atoms with Crippen LogP contribution in [0.4, 0.5) is 0 Å². The smallest absolute Gasteiger partial charge is 0.177 e. The quantitative estimate of drug-likeness (QED) is 0.737. The Hall–Kier alpha value is -0.570. The summed E-state index contributed by atoms with van der Waals surface area (Å²) >= 11 is 5.27. The lowest BCUT2D eigenvalue weighted by molar-refractivity contribution is 0.467. The van der Waals surface area contributed by atoms with E-state index in [0.717, 1.165) is 17.1 Å². The van der Waals surface area contributed by atoms with Crippen molar-refractivity contribution in [2.45, 2.75) is 39.2 Å². The number of rotatable bonds is 3. The predicted octanol–water partition coefficient (Wildman–Crippen LogP) is 3.08. The third-order valence-electron chi connectivity index (χ3n) is 2.96. The summed E-state index contributed by atoms with van der Waals surface area (Å²) in [6, 6.07) is 0.591. The topological polar surface area (TPSA) is 20.7 Å². The maximum atomic E-state index is 5.27. The number of H-pyrrole nitrogens is 1. The average molecular weight is 196 g/mol. The molecule has 2 nitrogen and oxygen atoms in total. The van der Waals surface area contributed by atoms with Gasteiger partial charge in [-0.05, 0) is 44.3 Å². The number of nitrogens with one attached hydrogen (secondary N) is 1. The molecule has 1 aromatic rings. The summed E-state index contributed by atoms with van der Waals surface area (Å²) in [5, 5.41) is 0. The highest BCUT2D eigenvalue weighted by Gasteiger charge is 2.30. The van der Waals surface area contributed by atoms with Crippen LogP contribution in [0.25, 0.3) is 0 Å². The average Bonchev–Trinajstić information content (AvgIpc) is 2.89. The molecule has 0 spiro atoms. The Balaban J connectivity index is 2.35. The Morgan fingerprint density at radius 3 is 2.92 bits per heavy atom. The van der Waals surface area contributed by atoms with Gasteiger partial charge in [0.05, 0.1) is 0 Å². The molecule has 1 N–H and O–H groups in total. The molecule has 1 unspecified atom stereocenters. The summed E-state index contributed by atoms with van der Waals surface area (Å²) in [5.41, 5.74) is 1.34. The third kappa shape index (κ3) is 1.57. The first-order valence-corrected chi connectivity index (χ1v) is 5.43. The molecule has 0 bridgehead atoms. The van der Waals surface area contributed by atoms with Crippen LogP contribution < -0.4 is 0 Å². The molecule has 0 aromatic carbocycles. The first-order chi connectivity index (χ1) is 6.24. The lowest BCUT2D eigenvalue weighted by atomic mass is 10.2. The Morgan fingerprint density at radius 1 is 1.69 bits per heavy atom. The van der Waals surface area contributed by atoms with Gasteiger partial charge in [-0.1, -0.05) is 6.92 Å². The molecule has 0 saturated heterocycles. The van der Waals surface area contributed by atoms with Gasteiger partial charge in [0.2, 0.25) is 0 Å². The highest BCUT2D eigenvalue weighted by Crippen LogP contribution is 2.40. The molecule has 3 heteroatoms. The van der Waals surface area contributed by atoms with Crippen LogP contribution in [0.2, 0.25) is 0 Å². The largest absolute Gasteiger partial charge is 0.337 e. The molecular weight excluding hydrogens is 180 g/mol. The van der Waals surface area contributed by atoms with Gasteiger partial charge < -0.3 is 9.55 Å². The zero-order valence-corrected chi connectivity index (χ0v) is 9.03. The Labute approximate surface area is 84.0 Å². The maximum Gasteiger partial charge on any atom is 0.177 e. The molecule has 72 valence electrons. The third-order valence-corrected chi connectivity index (χ3v) is 3.28. The van der Waals surface area contributed by atoms with Gasteiger partial charge >= 0.3 is 0 Å².